The number of benzene rings is 1. The topological polar surface area (TPSA) is 42.0 Å². The van der Waals surface area contributed by atoms with E-state index in [-0.39, 0.29) is 11.9 Å². The van der Waals surface area contributed by atoms with Crippen LogP contribution in [0.4, 0.5) is 5.69 Å². The number of carbonyl (C=O) groups excluding carboxylic acids is 1. The zero-order valence-electron chi connectivity index (χ0n) is 17.0. The Bertz CT molecular complexity index is 755. The lowest BCUT2D eigenvalue weighted by Crippen LogP contribution is -2.47. The van der Waals surface area contributed by atoms with E-state index in [9.17, 15) is 4.79 Å². The van der Waals surface area contributed by atoms with Gasteiger partial charge in [-0.2, -0.15) is 0 Å². The molecule has 2 aromatic rings. The van der Waals surface area contributed by atoms with Crippen molar-refractivity contribution in [2.45, 2.75) is 45.2 Å². The van der Waals surface area contributed by atoms with Gasteiger partial charge in [0.1, 0.15) is 0 Å². The van der Waals surface area contributed by atoms with Gasteiger partial charge in [0.2, 0.25) is 5.91 Å². The maximum atomic E-state index is 13.0. The molecule has 2 heterocycles. The monoisotopic (exact) mass is 402 g/mol. The average molecular weight is 403 g/mol. The fraction of sp³-hybridized carbons (Fsp3) is 0.500. The van der Waals surface area contributed by atoms with Crippen LogP contribution in [-0.2, 0) is 11.3 Å². The van der Waals surface area contributed by atoms with E-state index in [0.717, 1.165) is 44.6 Å². The van der Waals surface area contributed by atoms with Crippen molar-refractivity contribution < 1.29 is 14.3 Å². The van der Waals surface area contributed by atoms with E-state index in [0.29, 0.717) is 17.9 Å². The number of ether oxygens (including phenoxy) is 2. The van der Waals surface area contributed by atoms with Crippen LogP contribution in [0.1, 0.15) is 37.5 Å². The Labute approximate surface area is 171 Å². The second kappa shape index (κ2) is 9.94. The molecule has 0 unspecified atom stereocenters. The summed E-state index contributed by atoms with van der Waals surface area (Å²) in [7, 11) is 3.25. The van der Waals surface area contributed by atoms with Crippen molar-refractivity contribution in [3.05, 3.63) is 40.6 Å². The number of hydrogen-bond donors (Lipinski definition) is 0. The van der Waals surface area contributed by atoms with Crippen LogP contribution < -0.4 is 14.4 Å². The first-order valence-corrected chi connectivity index (χ1v) is 10.8. The largest absolute Gasteiger partial charge is 0.493 e. The molecule has 0 N–H and O–H groups in total. The maximum absolute atomic E-state index is 13.0. The molecule has 5 nitrogen and oxygen atoms in total. The number of thiophene rings is 1. The van der Waals surface area contributed by atoms with Gasteiger partial charge in [0, 0.05) is 48.7 Å². The van der Waals surface area contributed by atoms with Crippen LogP contribution in [0.25, 0.3) is 0 Å². The second-order valence-electron chi connectivity index (χ2n) is 7.14. The predicted molar refractivity (Wildman–Crippen MR) is 115 cm³/mol. The highest BCUT2D eigenvalue weighted by Crippen LogP contribution is 2.34. The van der Waals surface area contributed by atoms with E-state index in [4.69, 9.17) is 9.47 Å². The standard InChI is InChI=1S/C22H30N2O3S/c1-4-6-22(25)24(18-8-9-20(26-2)21(15-18)27-3)17-10-12-23(13-11-17)16-19-7-5-14-28-19/h5,7-9,14-15,17H,4,6,10-13,16H2,1-3H3. The first kappa shape index (κ1) is 20.7. The van der Waals surface area contributed by atoms with E-state index in [1.165, 1.54) is 4.88 Å². The second-order valence-corrected chi connectivity index (χ2v) is 8.17. The molecule has 1 amide bonds. The first-order chi connectivity index (χ1) is 13.7. The minimum absolute atomic E-state index is 0.187. The first-order valence-electron chi connectivity index (χ1n) is 9.95. The number of hydrogen-bond acceptors (Lipinski definition) is 5. The lowest BCUT2D eigenvalue weighted by Gasteiger charge is -2.38. The fourth-order valence-electron chi connectivity index (χ4n) is 3.83. The van der Waals surface area contributed by atoms with Gasteiger partial charge in [-0.25, -0.2) is 0 Å². The van der Waals surface area contributed by atoms with E-state index < -0.39 is 0 Å². The highest BCUT2D eigenvalue weighted by atomic mass is 32.1. The Morgan fingerprint density at radius 1 is 1.18 bits per heavy atom. The summed E-state index contributed by atoms with van der Waals surface area (Å²) in [6.07, 6.45) is 3.37. The van der Waals surface area contributed by atoms with Gasteiger partial charge in [-0.1, -0.05) is 13.0 Å². The lowest BCUT2D eigenvalue weighted by molar-refractivity contribution is -0.119. The third-order valence-corrected chi connectivity index (χ3v) is 6.12. The lowest BCUT2D eigenvalue weighted by atomic mass is 10.0. The molecule has 6 heteroatoms. The van der Waals surface area contributed by atoms with Crippen LogP contribution in [0.15, 0.2) is 35.7 Å². The minimum atomic E-state index is 0.187. The molecule has 3 rings (SSSR count). The molecular formula is C22H30N2O3S. The predicted octanol–water partition coefficient (Wildman–Crippen LogP) is 4.56. The molecule has 1 aliphatic heterocycles. The van der Waals surface area contributed by atoms with Gasteiger partial charge in [0.25, 0.3) is 0 Å². The van der Waals surface area contributed by atoms with Crippen LogP contribution in [0, 0.1) is 0 Å². The summed E-state index contributed by atoms with van der Waals surface area (Å²) >= 11 is 1.81. The molecule has 1 aromatic heterocycles. The normalized spacial score (nSPS) is 15.4. The zero-order valence-corrected chi connectivity index (χ0v) is 17.8. The number of nitrogens with zero attached hydrogens (tertiary/aromatic N) is 2. The van der Waals surface area contributed by atoms with Gasteiger partial charge < -0.3 is 14.4 Å². The molecule has 0 radical (unpaired) electrons. The molecule has 1 aromatic carbocycles. The number of likely N-dealkylation sites (tertiary alicyclic amines) is 1. The van der Waals surface area contributed by atoms with E-state index in [1.54, 1.807) is 14.2 Å². The number of piperidine rings is 1. The van der Waals surface area contributed by atoms with Gasteiger partial charge in [-0.15, -0.1) is 11.3 Å². The molecule has 1 aliphatic rings. The Morgan fingerprint density at radius 2 is 1.93 bits per heavy atom. The third kappa shape index (κ3) is 4.86. The molecule has 0 bridgehead atoms. The summed E-state index contributed by atoms with van der Waals surface area (Å²) in [4.78, 5) is 18.9. The van der Waals surface area contributed by atoms with Crippen LogP contribution in [-0.4, -0.2) is 44.2 Å². The smallest absolute Gasteiger partial charge is 0.227 e. The summed E-state index contributed by atoms with van der Waals surface area (Å²) in [6.45, 7) is 5.06. The van der Waals surface area contributed by atoms with Crippen molar-refractivity contribution >= 4 is 22.9 Å². The molecule has 1 saturated heterocycles. The van der Waals surface area contributed by atoms with E-state index in [1.807, 2.05) is 41.4 Å². The molecule has 152 valence electrons. The summed E-state index contributed by atoms with van der Waals surface area (Å²) in [5.74, 6) is 1.52. The van der Waals surface area contributed by atoms with E-state index >= 15 is 0 Å². The van der Waals surface area contributed by atoms with Gasteiger partial charge in [-0.3, -0.25) is 9.69 Å². The summed E-state index contributed by atoms with van der Waals surface area (Å²) in [5, 5.41) is 2.13. The Morgan fingerprint density at radius 3 is 2.54 bits per heavy atom. The number of rotatable bonds is 8. The van der Waals surface area contributed by atoms with Gasteiger partial charge >= 0.3 is 0 Å². The molecule has 0 spiro atoms. The van der Waals surface area contributed by atoms with Crippen molar-refractivity contribution in [1.82, 2.24) is 4.90 Å². The molecule has 28 heavy (non-hydrogen) atoms. The van der Waals surface area contributed by atoms with Crippen LogP contribution in [0.2, 0.25) is 0 Å². The number of anilines is 1. The summed E-state index contributed by atoms with van der Waals surface area (Å²) in [5.41, 5.74) is 0.896. The third-order valence-electron chi connectivity index (χ3n) is 5.26. The van der Waals surface area contributed by atoms with Gasteiger partial charge in [-0.05, 0) is 42.8 Å². The Hall–Kier alpha value is -2.05. The highest BCUT2D eigenvalue weighted by molar-refractivity contribution is 7.09. The number of carbonyl (C=O) groups is 1. The minimum Gasteiger partial charge on any atom is -0.493 e. The molecule has 0 saturated carbocycles. The Balaban J connectivity index is 1.75. The highest BCUT2D eigenvalue weighted by Gasteiger charge is 2.29. The van der Waals surface area contributed by atoms with Crippen molar-refractivity contribution in [2.75, 3.05) is 32.2 Å². The van der Waals surface area contributed by atoms with Gasteiger partial charge in [0.15, 0.2) is 11.5 Å². The van der Waals surface area contributed by atoms with E-state index in [2.05, 4.69) is 22.4 Å². The van der Waals surface area contributed by atoms with Crippen LogP contribution in [0.3, 0.4) is 0 Å². The SMILES string of the molecule is CCCC(=O)N(c1ccc(OC)c(OC)c1)C1CCN(Cc2cccs2)CC1. The van der Waals surface area contributed by atoms with Crippen molar-refractivity contribution in [2.24, 2.45) is 0 Å². The molecular weight excluding hydrogens is 372 g/mol. The quantitative estimate of drug-likeness (QED) is 0.649. The molecule has 0 aliphatic carbocycles. The number of methoxy groups -OCH3 is 2. The number of amides is 1. The van der Waals surface area contributed by atoms with Crippen molar-refractivity contribution in [1.29, 1.82) is 0 Å². The zero-order chi connectivity index (χ0) is 19.9. The van der Waals surface area contributed by atoms with Crippen molar-refractivity contribution in [3.63, 3.8) is 0 Å². The van der Waals surface area contributed by atoms with Crippen LogP contribution in [0.5, 0.6) is 11.5 Å². The summed E-state index contributed by atoms with van der Waals surface area (Å²) < 4.78 is 10.8. The average Bonchev–Trinajstić information content (AvgIpc) is 3.22. The summed E-state index contributed by atoms with van der Waals surface area (Å²) in [6, 6.07) is 10.3. The molecule has 1 fully saturated rings. The molecule has 0 atom stereocenters. The maximum Gasteiger partial charge on any atom is 0.227 e. The van der Waals surface area contributed by atoms with Gasteiger partial charge in [0.05, 0.1) is 14.2 Å². The van der Waals surface area contributed by atoms with Crippen molar-refractivity contribution in [3.8, 4) is 11.5 Å². The fourth-order valence-corrected chi connectivity index (χ4v) is 4.57. The Kier molecular flexibility index (Phi) is 7.34. The van der Waals surface area contributed by atoms with Crippen LogP contribution >= 0.6 is 11.3 Å².